The maximum atomic E-state index is 9.75. The second-order valence-electron chi connectivity index (χ2n) is 5.12. The first-order valence-corrected chi connectivity index (χ1v) is 6.84. The Hall–Kier alpha value is -1.06. The van der Waals surface area contributed by atoms with Gasteiger partial charge in [0.15, 0.2) is 0 Å². The molecule has 0 aromatic heterocycles. The molecule has 2 rings (SSSR count). The quantitative estimate of drug-likeness (QED) is 0.742. The fraction of sp³-hybridized carbons (Fsp3) is 0.600. The van der Waals surface area contributed by atoms with Crippen molar-refractivity contribution in [2.75, 3.05) is 19.8 Å². The van der Waals surface area contributed by atoms with Crippen LogP contribution in [0, 0.1) is 5.92 Å². The summed E-state index contributed by atoms with van der Waals surface area (Å²) >= 11 is 0. The number of benzene rings is 1. The summed E-state index contributed by atoms with van der Waals surface area (Å²) in [6.07, 6.45) is 3.45. The van der Waals surface area contributed by atoms with Gasteiger partial charge in [-0.3, -0.25) is 0 Å². The smallest absolute Gasteiger partial charge is 0.119 e. The predicted octanol–water partition coefficient (Wildman–Crippen LogP) is 2.21. The number of hydrogen-bond donors (Lipinski definition) is 2. The molecule has 0 spiro atoms. The molecule has 3 nitrogen and oxygen atoms in total. The van der Waals surface area contributed by atoms with Gasteiger partial charge in [0.1, 0.15) is 12.4 Å². The standard InChI is InChI=1S/C15H23NO2/c1-2-10-16-15(11-17,13-8-9-13)12-18-14-6-4-3-5-7-14/h3-7,13,16-17H,2,8-12H2,1H3. The van der Waals surface area contributed by atoms with Crippen molar-refractivity contribution >= 4 is 0 Å². The largest absolute Gasteiger partial charge is 0.492 e. The molecule has 1 aliphatic carbocycles. The monoisotopic (exact) mass is 249 g/mol. The van der Waals surface area contributed by atoms with Crippen LogP contribution in [0.5, 0.6) is 5.75 Å². The Kier molecular flexibility index (Phi) is 4.61. The molecule has 0 heterocycles. The van der Waals surface area contributed by atoms with Crippen molar-refractivity contribution in [3.8, 4) is 5.75 Å². The lowest BCUT2D eigenvalue weighted by molar-refractivity contribution is 0.0851. The third-order valence-corrected chi connectivity index (χ3v) is 3.61. The van der Waals surface area contributed by atoms with Crippen LogP contribution in [0.25, 0.3) is 0 Å². The number of ether oxygens (including phenoxy) is 1. The van der Waals surface area contributed by atoms with E-state index in [-0.39, 0.29) is 12.1 Å². The van der Waals surface area contributed by atoms with E-state index in [4.69, 9.17) is 4.74 Å². The summed E-state index contributed by atoms with van der Waals surface area (Å²) in [6, 6.07) is 9.81. The molecule has 0 amide bonds. The van der Waals surface area contributed by atoms with Gasteiger partial charge in [0.25, 0.3) is 0 Å². The van der Waals surface area contributed by atoms with Crippen LogP contribution in [-0.4, -0.2) is 30.4 Å². The van der Waals surface area contributed by atoms with Crippen LogP contribution in [0.2, 0.25) is 0 Å². The van der Waals surface area contributed by atoms with Crippen molar-refractivity contribution in [1.82, 2.24) is 5.32 Å². The molecule has 100 valence electrons. The predicted molar refractivity (Wildman–Crippen MR) is 72.8 cm³/mol. The van der Waals surface area contributed by atoms with Gasteiger partial charge < -0.3 is 15.2 Å². The lowest BCUT2D eigenvalue weighted by Crippen LogP contribution is -2.55. The van der Waals surface area contributed by atoms with Gasteiger partial charge >= 0.3 is 0 Å². The fourth-order valence-electron chi connectivity index (χ4n) is 2.28. The summed E-state index contributed by atoms with van der Waals surface area (Å²) in [6.45, 7) is 3.75. The average molecular weight is 249 g/mol. The topological polar surface area (TPSA) is 41.5 Å². The normalized spacial score (nSPS) is 18.3. The summed E-state index contributed by atoms with van der Waals surface area (Å²) in [7, 11) is 0. The van der Waals surface area contributed by atoms with Gasteiger partial charge in [0.2, 0.25) is 0 Å². The zero-order valence-corrected chi connectivity index (χ0v) is 11.1. The van der Waals surface area contributed by atoms with Crippen molar-refractivity contribution in [3.63, 3.8) is 0 Å². The van der Waals surface area contributed by atoms with Crippen LogP contribution >= 0.6 is 0 Å². The molecule has 1 aromatic carbocycles. The summed E-state index contributed by atoms with van der Waals surface area (Å²) in [5.74, 6) is 1.42. The van der Waals surface area contributed by atoms with Crippen molar-refractivity contribution in [2.45, 2.75) is 31.7 Å². The number of para-hydroxylation sites is 1. The first-order chi connectivity index (χ1) is 8.80. The van der Waals surface area contributed by atoms with Crippen LogP contribution < -0.4 is 10.1 Å². The molecular weight excluding hydrogens is 226 g/mol. The lowest BCUT2D eigenvalue weighted by atomic mass is 9.95. The Labute approximate surface area is 109 Å². The number of aliphatic hydroxyl groups is 1. The molecular formula is C15H23NO2. The second-order valence-corrected chi connectivity index (χ2v) is 5.12. The van der Waals surface area contributed by atoms with E-state index >= 15 is 0 Å². The number of nitrogens with one attached hydrogen (secondary N) is 1. The van der Waals surface area contributed by atoms with Gasteiger partial charge in [-0.05, 0) is 43.9 Å². The first-order valence-electron chi connectivity index (χ1n) is 6.84. The second kappa shape index (κ2) is 6.21. The highest BCUT2D eigenvalue weighted by Crippen LogP contribution is 2.39. The Balaban J connectivity index is 1.96. The van der Waals surface area contributed by atoms with E-state index in [1.54, 1.807) is 0 Å². The van der Waals surface area contributed by atoms with E-state index in [9.17, 15) is 5.11 Å². The third-order valence-electron chi connectivity index (χ3n) is 3.61. The van der Waals surface area contributed by atoms with Crippen LogP contribution in [-0.2, 0) is 0 Å². The SMILES string of the molecule is CCCNC(CO)(COc1ccccc1)C1CC1. The lowest BCUT2D eigenvalue weighted by Gasteiger charge is -2.33. The Bertz CT molecular complexity index is 351. The number of hydrogen-bond acceptors (Lipinski definition) is 3. The van der Waals surface area contributed by atoms with E-state index < -0.39 is 0 Å². The minimum Gasteiger partial charge on any atom is -0.492 e. The van der Waals surface area contributed by atoms with Gasteiger partial charge in [-0.2, -0.15) is 0 Å². The van der Waals surface area contributed by atoms with E-state index in [1.165, 1.54) is 12.8 Å². The van der Waals surface area contributed by atoms with Gasteiger partial charge in [0.05, 0.1) is 12.1 Å². The van der Waals surface area contributed by atoms with Gasteiger partial charge in [-0.25, -0.2) is 0 Å². The molecule has 1 saturated carbocycles. The molecule has 1 unspecified atom stereocenters. The Morgan fingerprint density at radius 2 is 2.06 bits per heavy atom. The highest BCUT2D eigenvalue weighted by Gasteiger charge is 2.45. The molecule has 18 heavy (non-hydrogen) atoms. The van der Waals surface area contributed by atoms with Crippen molar-refractivity contribution in [3.05, 3.63) is 30.3 Å². The van der Waals surface area contributed by atoms with Gasteiger partial charge in [-0.15, -0.1) is 0 Å². The minimum absolute atomic E-state index is 0.143. The minimum atomic E-state index is -0.258. The summed E-state index contributed by atoms with van der Waals surface area (Å²) in [4.78, 5) is 0. The molecule has 0 bridgehead atoms. The van der Waals surface area contributed by atoms with Crippen molar-refractivity contribution in [1.29, 1.82) is 0 Å². The molecule has 1 fully saturated rings. The van der Waals surface area contributed by atoms with Gasteiger partial charge in [-0.1, -0.05) is 25.1 Å². The highest BCUT2D eigenvalue weighted by molar-refractivity contribution is 5.21. The van der Waals surface area contributed by atoms with E-state index in [2.05, 4.69) is 12.2 Å². The van der Waals surface area contributed by atoms with E-state index in [0.29, 0.717) is 12.5 Å². The van der Waals surface area contributed by atoms with Crippen molar-refractivity contribution in [2.24, 2.45) is 5.92 Å². The molecule has 3 heteroatoms. The highest BCUT2D eigenvalue weighted by atomic mass is 16.5. The van der Waals surface area contributed by atoms with Gasteiger partial charge in [0, 0.05) is 0 Å². The maximum Gasteiger partial charge on any atom is 0.119 e. The summed E-state index contributed by atoms with van der Waals surface area (Å²) in [5.41, 5.74) is -0.258. The van der Waals surface area contributed by atoms with Crippen LogP contribution in [0.1, 0.15) is 26.2 Å². The van der Waals surface area contributed by atoms with Crippen LogP contribution in [0.15, 0.2) is 30.3 Å². The Morgan fingerprint density at radius 3 is 2.61 bits per heavy atom. The number of aliphatic hydroxyl groups excluding tert-OH is 1. The Morgan fingerprint density at radius 1 is 1.33 bits per heavy atom. The molecule has 1 atom stereocenters. The van der Waals surface area contributed by atoms with Crippen LogP contribution in [0.4, 0.5) is 0 Å². The molecule has 2 N–H and O–H groups in total. The van der Waals surface area contributed by atoms with Crippen molar-refractivity contribution < 1.29 is 9.84 Å². The first kappa shape index (κ1) is 13.4. The molecule has 0 saturated heterocycles. The molecule has 0 aliphatic heterocycles. The summed E-state index contributed by atoms with van der Waals surface area (Å²) in [5, 5.41) is 13.2. The molecule has 0 radical (unpaired) electrons. The average Bonchev–Trinajstić information content (AvgIpc) is 3.26. The van der Waals surface area contributed by atoms with E-state index in [0.717, 1.165) is 18.7 Å². The van der Waals surface area contributed by atoms with E-state index in [1.807, 2.05) is 30.3 Å². The van der Waals surface area contributed by atoms with Crippen LogP contribution in [0.3, 0.4) is 0 Å². The fourth-order valence-corrected chi connectivity index (χ4v) is 2.28. The summed E-state index contributed by atoms with van der Waals surface area (Å²) < 4.78 is 5.84. The zero-order valence-electron chi connectivity index (χ0n) is 11.1. The maximum absolute atomic E-state index is 9.75. The molecule has 1 aromatic rings. The number of rotatable bonds is 8. The zero-order chi connectivity index (χ0) is 12.8. The third kappa shape index (κ3) is 3.24. The molecule has 1 aliphatic rings.